The van der Waals surface area contributed by atoms with Gasteiger partial charge in [0.1, 0.15) is 18.2 Å². The van der Waals surface area contributed by atoms with E-state index in [9.17, 15) is 5.26 Å². The molecule has 0 amide bonds. The van der Waals surface area contributed by atoms with Crippen LogP contribution in [-0.4, -0.2) is 0 Å². The number of hydrogen-bond acceptors (Lipinski definition) is 2. The minimum atomic E-state index is 0.615. The van der Waals surface area contributed by atoms with Crippen molar-refractivity contribution in [2.45, 2.75) is 44.9 Å². The van der Waals surface area contributed by atoms with Crippen LogP contribution < -0.4 is 4.57 Å². The molecule has 1 aliphatic rings. The lowest BCUT2D eigenvalue weighted by Gasteiger charge is -2.22. The molecule has 7 rings (SSSR count). The quantitative estimate of drug-likeness (QED) is 0.212. The lowest BCUT2D eigenvalue weighted by molar-refractivity contribution is -0.660. The van der Waals surface area contributed by atoms with Crippen molar-refractivity contribution in [3.8, 4) is 39.6 Å². The predicted octanol–water partition coefficient (Wildman–Crippen LogP) is 9.64. The molecule has 0 aliphatic heterocycles. The second-order valence-corrected chi connectivity index (χ2v) is 11.4. The van der Waals surface area contributed by atoms with E-state index < -0.39 is 0 Å². The molecular formula is C38H33N2O+. The summed E-state index contributed by atoms with van der Waals surface area (Å²) in [5, 5.41) is 12.2. The van der Waals surface area contributed by atoms with E-state index in [0.717, 1.165) is 49.9 Å². The minimum Gasteiger partial charge on any atom is -0.454 e. The highest BCUT2D eigenvalue weighted by atomic mass is 16.3. The average Bonchev–Trinajstić information content (AvgIpc) is 3.40. The average molecular weight is 534 g/mol. The van der Waals surface area contributed by atoms with E-state index in [4.69, 9.17) is 4.42 Å². The van der Waals surface area contributed by atoms with Crippen LogP contribution in [0, 0.1) is 18.3 Å². The van der Waals surface area contributed by atoms with Gasteiger partial charge in [-0.1, -0.05) is 79.9 Å². The number of benzene rings is 4. The summed E-state index contributed by atoms with van der Waals surface area (Å²) in [5.74, 6) is 0.711. The van der Waals surface area contributed by atoms with Crippen LogP contribution in [0.15, 0.2) is 102 Å². The molecule has 0 saturated heterocycles. The standard InChI is InChI=1S/C38H33N2O/c1-25-11-21-32-33-22-20-31(24-39)36(38(33)41-37(32)35(25)34-10-6-7-23-40(34)2)30-18-16-29(17-19-30)28-14-12-27(13-15-28)26-8-4-3-5-9-26/h6-7,10-23,26H,3-5,8-9H2,1-2H3/q+1. The van der Waals surface area contributed by atoms with Crippen LogP contribution in [0.3, 0.4) is 0 Å². The monoisotopic (exact) mass is 533 g/mol. The summed E-state index contributed by atoms with van der Waals surface area (Å²) in [4.78, 5) is 0. The number of fused-ring (bicyclic) bond motifs is 3. The van der Waals surface area contributed by atoms with E-state index in [1.54, 1.807) is 0 Å². The van der Waals surface area contributed by atoms with Crippen molar-refractivity contribution in [2.75, 3.05) is 0 Å². The van der Waals surface area contributed by atoms with Crippen molar-refractivity contribution in [1.82, 2.24) is 0 Å². The molecule has 0 bridgehead atoms. The Morgan fingerprint density at radius 3 is 2.02 bits per heavy atom. The third-order valence-corrected chi connectivity index (χ3v) is 8.94. The maximum atomic E-state index is 10.1. The lowest BCUT2D eigenvalue weighted by Crippen LogP contribution is -2.30. The summed E-state index contributed by atoms with van der Waals surface area (Å²) < 4.78 is 8.85. The Hall–Kier alpha value is -4.68. The second-order valence-electron chi connectivity index (χ2n) is 11.4. The number of nitrogens with zero attached hydrogens (tertiary/aromatic N) is 2. The number of rotatable bonds is 4. The van der Waals surface area contributed by atoms with E-state index in [1.165, 1.54) is 48.8 Å². The van der Waals surface area contributed by atoms with Gasteiger partial charge in [-0.25, -0.2) is 4.57 Å². The third-order valence-electron chi connectivity index (χ3n) is 8.94. The van der Waals surface area contributed by atoms with Gasteiger partial charge < -0.3 is 4.42 Å². The summed E-state index contributed by atoms with van der Waals surface area (Å²) in [5.41, 5.74) is 11.3. The van der Waals surface area contributed by atoms with Gasteiger partial charge in [-0.15, -0.1) is 0 Å². The van der Waals surface area contributed by atoms with Crippen LogP contribution in [-0.2, 0) is 7.05 Å². The molecule has 0 unspecified atom stereocenters. The van der Waals surface area contributed by atoms with Crippen molar-refractivity contribution in [3.63, 3.8) is 0 Å². The second kappa shape index (κ2) is 10.4. The Balaban J connectivity index is 1.32. The molecule has 0 atom stereocenters. The summed E-state index contributed by atoms with van der Waals surface area (Å²) in [6.45, 7) is 2.12. The number of furan rings is 1. The molecule has 4 aromatic carbocycles. The molecule has 6 aromatic rings. The smallest absolute Gasteiger partial charge is 0.216 e. The van der Waals surface area contributed by atoms with Crippen LogP contribution in [0.5, 0.6) is 0 Å². The molecule has 2 heterocycles. The van der Waals surface area contributed by atoms with Gasteiger partial charge in [0.15, 0.2) is 6.20 Å². The molecule has 200 valence electrons. The zero-order chi connectivity index (χ0) is 27.9. The number of hydrogen-bond donors (Lipinski definition) is 0. The Morgan fingerprint density at radius 2 is 1.34 bits per heavy atom. The van der Waals surface area contributed by atoms with Gasteiger partial charge in [0.25, 0.3) is 0 Å². The zero-order valence-electron chi connectivity index (χ0n) is 23.7. The fourth-order valence-electron chi connectivity index (χ4n) is 6.70. The van der Waals surface area contributed by atoms with E-state index in [0.29, 0.717) is 11.5 Å². The molecule has 0 radical (unpaired) electrons. The fraction of sp³-hybridized carbons (Fsp3) is 0.211. The first kappa shape index (κ1) is 25.3. The van der Waals surface area contributed by atoms with Crippen LogP contribution in [0.1, 0.15) is 54.7 Å². The number of nitriles is 1. The van der Waals surface area contributed by atoms with E-state index in [1.807, 2.05) is 18.2 Å². The van der Waals surface area contributed by atoms with Crippen LogP contribution in [0.2, 0.25) is 0 Å². The van der Waals surface area contributed by atoms with E-state index >= 15 is 0 Å². The topological polar surface area (TPSA) is 40.8 Å². The molecule has 3 heteroatoms. The van der Waals surface area contributed by atoms with Crippen molar-refractivity contribution < 1.29 is 8.98 Å². The Labute approximate surface area is 241 Å². The van der Waals surface area contributed by atoms with Gasteiger partial charge in [0.05, 0.1) is 17.2 Å². The number of pyridine rings is 1. The first-order valence-electron chi connectivity index (χ1n) is 14.7. The van der Waals surface area contributed by atoms with E-state index in [-0.39, 0.29) is 0 Å². The van der Waals surface area contributed by atoms with Crippen LogP contribution in [0.4, 0.5) is 0 Å². The zero-order valence-corrected chi connectivity index (χ0v) is 23.7. The predicted molar refractivity (Wildman–Crippen MR) is 166 cm³/mol. The van der Waals surface area contributed by atoms with E-state index in [2.05, 4.69) is 104 Å². The largest absolute Gasteiger partial charge is 0.454 e. The van der Waals surface area contributed by atoms with Gasteiger partial charge in [-0.2, -0.15) is 5.26 Å². The number of aromatic nitrogens is 1. The van der Waals surface area contributed by atoms with Gasteiger partial charge in [0.2, 0.25) is 5.69 Å². The Bertz CT molecular complexity index is 1930. The summed E-state index contributed by atoms with van der Waals surface area (Å²) >= 11 is 0. The number of aryl methyl sites for hydroxylation is 2. The van der Waals surface area contributed by atoms with Crippen LogP contribution in [0.25, 0.3) is 55.4 Å². The first-order chi connectivity index (χ1) is 20.1. The third kappa shape index (κ3) is 4.41. The molecule has 0 N–H and O–H groups in total. The van der Waals surface area contributed by atoms with Gasteiger partial charge >= 0.3 is 0 Å². The van der Waals surface area contributed by atoms with Gasteiger partial charge in [-0.3, -0.25) is 0 Å². The van der Waals surface area contributed by atoms with Crippen molar-refractivity contribution in [3.05, 3.63) is 114 Å². The summed E-state index contributed by atoms with van der Waals surface area (Å²) in [7, 11) is 2.06. The maximum absolute atomic E-state index is 10.1. The molecule has 41 heavy (non-hydrogen) atoms. The van der Waals surface area contributed by atoms with Crippen molar-refractivity contribution >= 4 is 21.9 Å². The Kier molecular flexibility index (Phi) is 6.40. The first-order valence-corrected chi connectivity index (χ1v) is 14.7. The Morgan fingerprint density at radius 1 is 0.707 bits per heavy atom. The van der Waals surface area contributed by atoms with Gasteiger partial charge in [0, 0.05) is 28.5 Å². The molecule has 1 saturated carbocycles. The van der Waals surface area contributed by atoms with Crippen molar-refractivity contribution in [1.29, 1.82) is 5.26 Å². The molecule has 3 nitrogen and oxygen atoms in total. The van der Waals surface area contributed by atoms with Crippen molar-refractivity contribution in [2.24, 2.45) is 7.05 Å². The molecule has 1 fully saturated rings. The highest BCUT2D eigenvalue weighted by Crippen LogP contribution is 2.42. The summed E-state index contributed by atoms with van der Waals surface area (Å²) in [6, 6.07) is 34.6. The molecule has 0 spiro atoms. The minimum absolute atomic E-state index is 0.615. The highest BCUT2D eigenvalue weighted by molar-refractivity contribution is 6.14. The molecule has 1 aliphatic carbocycles. The fourth-order valence-corrected chi connectivity index (χ4v) is 6.70. The SMILES string of the molecule is Cc1ccc2c(oc3c(-c4ccc(-c5ccc(C6CCCCC6)cc5)cc4)c(C#N)ccc32)c1-c1cccc[n+]1C. The maximum Gasteiger partial charge on any atom is 0.216 e. The normalized spacial score (nSPS) is 14.0. The molecular weight excluding hydrogens is 500 g/mol. The van der Waals surface area contributed by atoms with Gasteiger partial charge in [-0.05, 0) is 71.7 Å². The summed E-state index contributed by atoms with van der Waals surface area (Å²) in [6.07, 6.45) is 8.76. The molecule has 2 aromatic heterocycles. The lowest BCUT2D eigenvalue weighted by atomic mass is 9.83. The highest BCUT2D eigenvalue weighted by Gasteiger charge is 2.23. The van der Waals surface area contributed by atoms with Crippen LogP contribution >= 0.6 is 0 Å².